The minimum atomic E-state index is -3.78. The Balaban J connectivity index is 2.33. The van der Waals surface area contributed by atoms with Gasteiger partial charge in [-0.05, 0) is 18.2 Å². The molecule has 5 nitrogen and oxygen atoms in total. The lowest BCUT2D eigenvalue weighted by atomic mass is 10.3. The Hall–Kier alpha value is -1.60. The van der Waals surface area contributed by atoms with Crippen molar-refractivity contribution in [1.29, 1.82) is 0 Å². The van der Waals surface area contributed by atoms with Crippen molar-refractivity contribution in [3.05, 3.63) is 41.6 Å². The molecule has 0 aliphatic heterocycles. The Kier molecular flexibility index (Phi) is 3.03. The first-order valence-electron chi connectivity index (χ1n) is 4.45. The molecule has 17 heavy (non-hydrogen) atoms. The summed E-state index contributed by atoms with van der Waals surface area (Å²) in [5.74, 6) is -0.542. The summed E-state index contributed by atoms with van der Waals surface area (Å²) in [4.78, 5) is 6.05. The molecular formula is C9H7ClFN3O2S. The molecule has 0 saturated heterocycles. The van der Waals surface area contributed by atoms with E-state index in [0.29, 0.717) is 0 Å². The SMILES string of the molecule is O=S(=O)(Nc1ccc(F)cc1Cl)c1cnc[nH]1. The second-order valence-electron chi connectivity index (χ2n) is 3.15. The third-order valence-corrected chi connectivity index (χ3v) is 3.54. The van der Waals surface area contributed by atoms with Gasteiger partial charge in [-0.15, -0.1) is 0 Å². The van der Waals surface area contributed by atoms with E-state index in [1.807, 2.05) is 0 Å². The topological polar surface area (TPSA) is 74.8 Å². The van der Waals surface area contributed by atoms with Gasteiger partial charge in [0.2, 0.25) is 0 Å². The van der Waals surface area contributed by atoms with Gasteiger partial charge < -0.3 is 4.98 Å². The third kappa shape index (κ3) is 2.56. The first-order chi connectivity index (χ1) is 7.99. The zero-order valence-electron chi connectivity index (χ0n) is 8.31. The van der Waals surface area contributed by atoms with Gasteiger partial charge in [0.15, 0.2) is 5.03 Å². The van der Waals surface area contributed by atoms with E-state index in [4.69, 9.17) is 11.6 Å². The monoisotopic (exact) mass is 275 g/mol. The summed E-state index contributed by atoms with van der Waals surface area (Å²) in [5.41, 5.74) is 0.0997. The fourth-order valence-corrected chi connectivity index (χ4v) is 2.42. The van der Waals surface area contributed by atoms with Crippen molar-refractivity contribution < 1.29 is 12.8 Å². The number of aromatic amines is 1. The van der Waals surface area contributed by atoms with Crippen molar-refractivity contribution in [2.45, 2.75) is 5.03 Å². The Labute approximate surface area is 102 Å². The van der Waals surface area contributed by atoms with Crippen molar-refractivity contribution in [2.24, 2.45) is 0 Å². The molecule has 90 valence electrons. The number of H-pyrrole nitrogens is 1. The van der Waals surface area contributed by atoms with Crippen molar-refractivity contribution in [2.75, 3.05) is 4.72 Å². The van der Waals surface area contributed by atoms with Crippen LogP contribution in [-0.2, 0) is 10.0 Å². The molecule has 1 aromatic carbocycles. The van der Waals surface area contributed by atoms with Gasteiger partial charge >= 0.3 is 0 Å². The van der Waals surface area contributed by atoms with Crippen LogP contribution in [0.5, 0.6) is 0 Å². The van der Waals surface area contributed by atoms with Crippen molar-refractivity contribution in [1.82, 2.24) is 9.97 Å². The number of rotatable bonds is 3. The van der Waals surface area contributed by atoms with Gasteiger partial charge in [0, 0.05) is 0 Å². The molecule has 0 atom stereocenters. The zero-order valence-corrected chi connectivity index (χ0v) is 9.89. The van der Waals surface area contributed by atoms with Crippen LogP contribution in [-0.4, -0.2) is 18.4 Å². The van der Waals surface area contributed by atoms with Gasteiger partial charge in [-0.2, -0.15) is 8.42 Å². The van der Waals surface area contributed by atoms with Crippen LogP contribution in [0.4, 0.5) is 10.1 Å². The molecule has 0 fully saturated rings. The molecule has 0 saturated carbocycles. The Morgan fingerprint density at radius 3 is 2.76 bits per heavy atom. The van der Waals surface area contributed by atoms with Crippen molar-refractivity contribution >= 4 is 27.3 Å². The van der Waals surface area contributed by atoms with Gasteiger partial charge in [-0.25, -0.2) is 9.37 Å². The van der Waals surface area contributed by atoms with E-state index in [2.05, 4.69) is 14.7 Å². The fourth-order valence-electron chi connectivity index (χ4n) is 1.16. The summed E-state index contributed by atoms with van der Waals surface area (Å²) in [6.45, 7) is 0. The molecule has 2 aromatic rings. The number of imidazole rings is 1. The molecule has 1 heterocycles. The number of anilines is 1. The predicted octanol–water partition coefficient (Wildman–Crippen LogP) is 2.00. The number of halogens is 2. The smallest absolute Gasteiger partial charge is 0.279 e. The normalized spacial score (nSPS) is 11.4. The maximum Gasteiger partial charge on any atom is 0.279 e. The molecule has 1 aromatic heterocycles. The number of benzene rings is 1. The summed E-state index contributed by atoms with van der Waals surface area (Å²) < 4.78 is 38.5. The Morgan fingerprint density at radius 2 is 2.18 bits per heavy atom. The van der Waals surface area contributed by atoms with Gasteiger partial charge in [0.25, 0.3) is 10.0 Å². The summed E-state index contributed by atoms with van der Waals surface area (Å²) >= 11 is 5.70. The van der Waals surface area contributed by atoms with Crippen LogP contribution in [0.2, 0.25) is 5.02 Å². The number of hydrogen-bond acceptors (Lipinski definition) is 3. The van der Waals surface area contributed by atoms with E-state index in [1.54, 1.807) is 0 Å². The molecular weight excluding hydrogens is 269 g/mol. The summed E-state index contributed by atoms with van der Waals surface area (Å²) in [6, 6.07) is 3.37. The van der Waals surface area contributed by atoms with Gasteiger partial charge in [0.05, 0.1) is 23.2 Å². The van der Waals surface area contributed by atoms with E-state index >= 15 is 0 Å². The van der Waals surface area contributed by atoms with E-state index < -0.39 is 15.8 Å². The molecule has 0 aliphatic carbocycles. The van der Waals surface area contributed by atoms with Crippen LogP contribution in [0.25, 0.3) is 0 Å². The molecule has 0 spiro atoms. The quantitative estimate of drug-likeness (QED) is 0.900. The van der Waals surface area contributed by atoms with Crippen molar-refractivity contribution in [3.63, 3.8) is 0 Å². The maximum absolute atomic E-state index is 12.8. The minimum Gasteiger partial charge on any atom is -0.334 e. The molecule has 0 bridgehead atoms. The highest BCUT2D eigenvalue weighted by Gasteiger charge is 2.17. The summed E-state index contributed by atoms with van der Waals surface area (Å²) in [7, 11) is -3.78. The summed E-state index contributed by atoms with van der Waals surface area (Å²) in [6.07, 6.45) is 2.39. The maximum atomic E-state index is 12.8. The average Bonchev–Trinajstić information content (AvgIpc) is 2.76. The van der Waals surface area contributed by atoms with E-state index in [1.165, 1.54) is 12.4 Å². The predicted molar refractivity (Wildman–Crippen MR) is 60.8 cm³/mol. The van der Waals surface area contributed by atoms with E-state index in [-0.39, 0.29) is 15.7 Å². The number of nitrogens with zero attached hydrogens (tertiary/aromatic N) is 1. The van der Waals surface area contributed by atoms with E-state index in [0.717, 1.165) is 18.3 Å². The summed E-state index contributed by atoms with van der Waals surface area (Å²) in [5, 5.41) is -0.119. The van der Waals surface area contributed by atoms with Crippen molar-refractivity contribution in [3.8, 4) is 0 Å². The minimum absolute atomic E-state index is 0.0203. The van der Waals surface area contributed by atoms with E-state index in [9.17, 15) is 12.8 Å². The second-order valence-corrected chi connectivity index (χ2v) is 5.20. The lowest BCUT2D eigenvalue weighted by Gasteiger charge is -2.07. The molecule has 2 N–H and O–H groups in total. The lowest BCUT2D eigenvalue weighted by Crippen LogP contribution is -2.13. The Bertz CT molecular complexity index is 628. The lowest BCUT2D eigenvalue weighted by molar-refractivity contribution is 0.598. The second kappa shape index (κ2) is 4.34. The largest absolute Gasteiger partial charge is 0.334 e. The highest BCUT2D eigenvalue weighted by Crippen LogP contribution is 2.24. The van der Waals surface area contributed by atoms with Crippen LogP contribution in [0.1, 0.15) is 0 Å². The highest BCUT2D eigenvalue weighted by atomic mass is 35.5. The van der Waals surface area contributed by atoms with Crippen LogP contribution >= 0.6 is 11.6 Å². The number of sulfonamides is 1. The van der Waals surface area contributed by atoms with Crippen LogP contribution in [0.15, 0.2) is 35.7 Å². The highest BCUT2D eigenvalue weighted by molar-refractivity contribution is 7.92. The molecule has 0 radical (unpaired) electrons. The number of aromatic nitrogens is 2. The van der Waals surface area contributed by atoms with Crippen LogP contribution in [0.3, 0.4) is 0 Å². The zero-order chi connectivity index (χ0) is 12.5. The number of nitrogens with one attached hydrogen (secondary N) is 2. The third-order valence-electron chi connectivity index (χ3n) is 1.94. The van der Waals surface area contributed by atoms with Crippen LogP contribution in [0, 0.1) is 5.82 Å². The standard InChI is InChI=1S/C9H7ClFN3O2S/c10-7-3-6(11)1-2-8(7)14-17(15,16)9-4-12-5-13-9/h1-5,14H,(H,12,13). The molecule has 0 aliphatic rings. The van der Waals surface area contributed by atoms with Crippen LogP contribution < -0.4 is 4.72 Å². The van der Waals surface area contributed by atoms with Gasteiger partial charge in [-0.1, -0.05) is 11.6 Å². The molecule has 0 unspecified atom stereocenters. The average molecular weight is 276 g/mol. The first-order valence-corrected chi connectivity index (χ1v) is 6.31. The van der Waals surface area contributed by atoms with Gasteiger partial charge in [0.1, 0.15) is 5.82 Å². The molecule has 0 amide bonds. The first kappa shape index (κ1) is 11.9. The number of hydrogen-bond donors (Lipinski definition) is 2. The molecule has 8 heteroatoms. The molecule has 2 rings (SSSR count). The Morgan fingerprint density at radius 1 is 1.41 bits per heavy atom. The van der Waals surface area contributed by atoms with Gasteiger partial charge in [-0.3, -0.25) is 4.72 Å². The fraction of sp³-hybridized carbons (Fsp3) is 0.